The summed E-state index contributed by atoms with van der Waals surface area (Å²) in [6.07, 6.45) is -0.318. The Morgan fingerprint density at radius 2 is 2.11 bits per heavy atom. The van der Waals surface area contributed by atoms with Crippen LogP contribution in [0.1, 0.15) is 32.0 Å². The van der Waals surface area contributed by atoms with Crippen molar-refractivity contribution in [1.29, 1.82) is 0 Å². The molecule has 1 aliphatic heterocycles. The van der Waals surface area contributed by atoms with E-state index in [-0.39, 0.29) is 19.0 Å². The molecule has 0 aliphatic carbocycles. The van der Waals surface area contributed by atoms with Crippen LogP contribution >= 0.6 is 0 Å². The molecule has 6 nitrogen and oxygen atoms in total. The standard InChI is InChI=1S/C11H16FN3O3S/c1-7(2)15-10(4-8(3)13-15)14-6-9(5-11(14)16)19(12,17)18/h4,7,9H,5-6H2,1-3H3. The fourth-order valence-corrected chi connectivity index (χ4v) is 2.84. The normalized spacial score (nSPS) is 20.6. The number of nitrogens with zero attached hydrogens (tertiary/aromatic N) is 3. The first-order valence-corrected chi connectivity index (χ1v) is 7.45. The Bertz CT molecular complexity index is 609. The van der Waals surface area contributed by atoms with Crippen LogP contribution in [-0.4, -0.2) is 35.9 Å². The molecule has 2 rings (SSSR count). The second-order valence-electron chi connectivity index (χ2n) is 4.99. The Hall–Kier alpha value is -1.44. The van der Waals surface area contributed by atoms with E-state index in [9.17, 15) is 17.1 Å². The van der Waals surface area contributed by atoms with E-state index < -0.39 is 21.4 Å². The number of rotatable bonds is 3. The summed E-state index contributed by atoms with van der Waals surface area (Å²) in [6.45, 7) is 5.43. The molecular formula is C11H16FN3O3S. The SMILES string of the molecule is Cc1cc(N2CC(S(=O)(=O)F)CC2=O)n(C(C)C)n1. The lowest BCUT2D eigenvalue weighted by molar-refractivity contribution is -0.117. The molecular weight excluding hydrogens is 273 g/mol. The number of hydrogen-bond acceptors (Lipinski definition) is 4. The largest absolute Gasteiger partial charge is 0.307 e. The smallest absolute Gasteiger partial charge is 0.296 e. The van der Waals surface area contributed by atoms with Crippen molar-refractivity contribution < 1.29 is 17.1 Å². The van der Waals surface area contributed by atoms with Crippen LogP contribution in [-0.2, 0) is 15.0 Å². The third kappa shape index (κ3) is 2.63. The van der Waals surface area contributed by atoms with Crippen LogP contribution in [0.25, 0.3) is 0 Å². The van der Waals surface area contributed by atoms with E-state index in [2.05, 4.69) is 5.10 Å². The van der Waals surface area contributed by atoms with Gasteiger partial charge in [-0.15, -0.1) is 3.89 Å². The summed E-state index contributed by atoms with van der Waals surface area (Å²) in [6, 6.07) is 1.73. The fraction of sp³-hybridized carbons (Fsp3) is 0.636. The molecule has 1 amide bonds. The average Bonchev–Trinajstić information content (AvgIpc) is 2.80. The number of hydrogen-bond donors (Lipinski definition) is 0. The lowest BCUT2D eigenvalue weighted by Gasteiger charge is -2.19. The molecule has 1 fully saturated rings. The minimum absolute atomic E-state index is 0.0255. The van der Waals surface area contributed by atoms with Crippen molar-refractivity contribution in [3.63, 3.8) is 0 Å². The summed E-state index contributed by atoms with van der Waals surface area (Å²) in [7, 11) is -4.69. The highest BCUT2D eigenvalue weighted by Crippen LogP contribution is 2.28. The van der Waals surface area contributed by atoms with Crippen molar-refractivity contribution in [1.82, 2.24) is 9.78 Å². The molecule has 19 heavy (non-hydrogen) atoms. The zero-order valence-electron chi connectivity index (χ0n) is 11.0. The van der Waals surface area contributed by atoms with Gasteiger partial charge in [0.1, 0.15) is 11.1 Å². The number of amides is 1. The third-order valence-corrected chi connectivity index (χ3v) is 4.20. The van der Waals surface area contributed by atoms with Crippen molar-refractivity contribution in [2.45, 2.75) is 38.5 Å². The summed E-state index contributed by atoms with van der Waals surface area (Å²) >= 11 is 0. The Morgan fingerprint density at radius 1 is 1.47 bits per heavy atom. The summed E-state index contributed by atoms with van der Waals surface area (Å²) in [4.78, 5) is 13.2. The summed E-state index contributed by atoms with van der Waals surface area (Å²) < 4.78 is 36.5. The first kappa shape index (κ1) is 14.0. The molecule has 0 N–H and O–H groups in total. The van der Waals surface area contributed by atoms with Gasteiger partial charge in [-0.25, -0.2) is 4.68 Å². The first-order chi connectivity index (χ1) is 8.70. The van der Waals surface area contributed by atoms with Crippen LogP contribution in [0.3, 0.4) is 0 Å². The maximum absolute atomic E-state index is 13.0. The molecule has 106 valence electrons. The van der Waals surface area contributed by atoms with Crippen LogP contribution < -0.4 is 4.90 Å². The minimum atomic E-state index is -4.69. The highest BCUT2D eigenvalue weighted by molar-refractivity contribution is 7.87. The average molecular weight is 289 g/mol. The maximum Gasteiger partial charge on any atom is 0.307 e. The van der Waals surface area contributed by atoms with Gasteiger partial charge in [-0.3, -0.25) is 9.69 Å². The molecule has 1 aliphatic rings. The van der Waals surface area contributed by atoms with Gasteiger partial charge in [0.2, 0.25) is 5.91 Å². The third-order valence-electron chi connectivity index (χ3n) is 3.09. The van der Waals surface area contributed by atoms with Crippen LogP contribution in [0.5, 0.6) is 0 Å². The molecule has 0 spiro atoms. The Morgan fingerprint density at radius 3 is 2.58 bits per heavy atom. The van der Waals surface area contributed by atoms with Gasteiger partial charge in [0.25, 0.3) is 0 Å². The van der Waals surface area contributed by atoms with Gasteiger partial charge in [-0.2, -0.15) is 13.5 Å². The van der Waals surface area contributed by atoms with Gasteiger partial charge in [0, 0.05) is 25.1 Å². The predicted molar refractivity (Wildman–Crippen MR) is 68.1 cm³/mol. The van der Waals surface area contributed by atoms with Gasteiger partial charge >= 0.3 is 10.2 Å². The summed E-state index contributed by atoms with van der Waals surface area (Å²) in [5, 5.41) is 2.97. The van der Waals surface area contributed by atoms with Crippen molar-refractivity contribution in [2.75, 3.05) is 11.4 Å². The van der Waals surface area contributed by atoms with E-state index in [0.717, 1.165) is 5.69 Å². The second-order valence-corrected chi connectivity index (χ2v) is 6.61. The quantitative estimate of drug-likeness (QED) is 0.783. The molecule has 1 saturated heterocycles. The highest BCUT2D eigenvalue weighted by Gasteiger charge is 2.40. The van der Waals surface area contributed by atoms with Crippen LogP contribution in [0.4, 0.5) is 9.70 Å². The molecule has 1 aromatic heterocycles. The topological polar surface area (TPSA) is 72.3 Å². The van der Waals surface area contributed by atoms with Gasteiger partial charge in [-0.1, -0.05) is 0 Å². The number of aromatic nitrogens is 2. The monoisotopic (exact) mass is 289 g/mol. The number of carbonyl (C=O) groups excluding carboxylic acids is 1. The Balaban J connectivity index is 2.36. The highest BCUT2D eigenvalue weighted by atomic mass is 32.3. The zero-order valence-corrected chi connectivity index (χ0v) is 11.8. The van der Waals surface area contributed by atoms with Gasteiger partial charge in [0.05, 0.1) is 5.69 Å². The van der Waals surface area contributed by atoms with Crippen molar-refractivity contribution in [3.05, 3.63) is 11.8 Å². The number of halogens is 1. The van der Waals surface area contributed by atoms with E-state index in [1.54, 1.807) is 17.7 Å². The van der Waals surface area contributed by atoms with Crippen molar-refractivity contribution in [2.24, 2.45) is 0 Å². The van der Waals surface area contributed by atoms with Crippen molar-refractivity contribution in [3.8, 4) is 0 Å². The van der Waals surface area contributed by atoms with E-state index >= 15 is 0 Å². The summed E-state index contributed by atoms with van der Waals surface area (Å²) in [5.41, 5.74) is 0.725. The Kier molecular flexibility index (Phi) is 3.38. The lowest BCUT2D eigenvalue weighted by atomic mass is 10.4. The van der Waals surface area contributed by atoms with Gasteiger partial charge in [-0.05, 0) is 20.8 Å². The summed E-state index contributed by atoms with van der Waals surface area (Å²) in [5.74, 6) is 0.122. The molecule has 8 heteroatoms. The molecule has 0 bridgehead atoms. The Labute approximate surface area is 111 Å². The zero-order chi connectivity index (χ0) is 14.4. The molecule has 1 atom stereocenters. The molecule has 0 saturated carbocycles. The van der Waals surface area contributed by atoms with Crippen LogP contribution in [0, 0.1) is 6.92 Å². The second kappa shape index (κ2) is 4.59. The molecule has 1 aromatic rings. The molecule has 2 heterocycles. The molecule has 1 unspecified atom stereocenters. The van der Waals surface area contributed by atoms with Gasteiger partial charge in [0.15, 0.2) is 0 Å². The number of carbonyl (C=O) groups is 1. The van der Waals surface area contributed by atoms with Gasteiger partial charge < -0.3 is 0 Å². The van der Waals surface area contributed by atoms with E-state index in [1.807, 2.05) is 13.8 Å². The maximum atomic E-state index is 13.0. The minimum Gasteiger partial charge on any atom is -0.296 e. The van der Waals surface area contributed by atoms with E-state index in [1.165, 1.54) is 4.90 Å². The lowest BCUT2D eigenvalue weighted by Crippen LogP contribution is -2.29. The number of anilines is 1. The first-order valence-electron chi connectivity index (χ1n) is 6.00. The van der Waals surface area contributed by atoms with Crippen LogP contribution in [0.15, 0.2) is 6.07 Å². The van der Waals surface area contributed by atoms with Crippen LogP contribution in [0.2, 0.25) is 0 Å². The fourth-order valence-electron chi connectivity index (χ4n) is 2.17. The van der Waals surface area contributed by atoms with E-state index in [4.69, 9.17) is 0 Å². The molecule has 0 aromatic carbocycles. The molecule has 0 radical (unpaired) electrons. The predicted octanol–water partition coefficient (Wildman–Crippen LogP) is 1.18. The van der Waals surface area contributed by atoms with E-state index in [0.29, 0.717) is 5.82 Å². The number of aryl methyl sites for hydroxylation is 1. The van der Waals surface area contributed by atoms with Crippen molar-refractivity contribution >= 4 is 21.9 Å².